The molecule has 1 heterocycles. The molecule has 0 radical (unpaired) electrons. The molecule has 25 heavy (non-hydrogen) atoms. The molecule has 1 aromatic heterocycles. The van der Waals surface area contributed by atoms with Crippen LogP contribution in [0.15, 0.2) is 48.5 Å². The highest BCUT2D eigenvalue weighted by Crippen LogP contribution is 2.20. The van der Waals surface area contributed by atoms with Gasteiger partial charge < -0.3 is 9.30 Å². The molecule has 2 aromatic carbocycles. The normalized spacial score (nSPS) is 10.8. The maximum Gasteiger partial charge on any atom is 0.226 e. The number of carbonyl (C=O) groups is 1. The Morgan fingerprint density at radius 2 is 1.92 bits per heavy atom. The minimum atomic E-state index is -0.0432. The summed E-state index contributed by atoms with van der Waals surface area (Å²) < 4.78 is 7.74. The molecule has 0 saturated carbocycles. The quantitative estimate of drug-likeness (QED) is 0.659. The van der Waals surface area contributed by atoms with Crippen LogP contribution in [0.5, 0.6) is 5.75 Å². The molecular weight excluding hydrogens is 314 g/mol. The third-order valence-electron chi connectivity index (χ3n) is 4.12. The lowest BCUT2D eigenvalue weighted by Crippen LogP contribution is -2.16. The molecule has 130 valence electrons. The van der Waals surface area contributed by atoms with Gasteiger partial charge >= 0.3 is 0 Å². The highest BCUT2D eigenvalue weighted by atomic mass is 16.5. The van der Waals surface area contributed by atoms with E-state index in [0.29, 0.717) is 25.4 Å². The lowest BCUT2D eigenvalue weighted by atomic mass is 10.2. The molecule has 0 fully saturated rings. The van der Waals surface area contributed by atoms with Gasteiger partial charge in [0.2, 0.25) is 11.9 Å². The smallest absolute Gasteiger partial charge is 0.226 e. The van der Waals surface area contributed by atoms with Crippen LogP contribution in [0.25, 0.3) is 11.0 Å². The average molecular weight is 337 g/mol. The standard InChI is InChI=1S/C20H23N3O2/c1-3-23-17-11-6-5-10-16(17)21-20(23)22-19(24)13-8-14-25-18-12-7-4-9-15(18)2/h4-7,9-12H,3,8,13-14H2,1-2H3,(H,21,22,24). The van der Waals surface area contributed by atoms with E-state index < -0.39 is 0 Å². The van der Waals surface area contributed by atoms with Gasteiger partial charge in [0, 0.05) is 13.0 Å². The zero-order valence-electron chi connectivity index (χ0n) is 14.7. The van der Waals surface area contributed by atoms with Gasteiger partial charge in [-0.25, -0.2) is 4.98 Å². The van der Waals surface area contributed by atoms with Crippen LogP contribution in [-0.2, 0) is 11.3 Å². The highest BCUT2D eigenvalue weighted by Gasteiger charge is 2.11. The first-order valence-corrected chi connectivity index (χ1v) is 8.62. The van der Waals surface area contributed by atoms with E-state index in [2.05, 4.69) is 10.3 Å². The summed E-state index contributed by atoms with van der Waals surface area (Å²) in [5.74, 6) is 1.43. The van der Waals surface area contributed by atoms with Crippen molar-refractivity contribution in [3.8, 4) is 5.75 Å². The van der Waals surface area contributed by atoms with Crippen molar-refractivity contribution < 1.29 is 9.53 Å². The number of aryl methyl sites for hydroxylation is 2. The van der Waals surface area contributed by atoms with Crippen molar-refractivity contribution in [2.45, 2.75) is 33.2 Å². The van der Waals surface area contributed by atoms with Crippen LogP contribution in [0.2, 0.25) is 0 Å². The number of imidazole rings is 1. The second kappa shape index (κ2) is 7.83. The van der Waals surface area contributed by atoms with Gasteiger partial charge in [-0.15, -0.1) is 0 Å². The fraction of sp³-hybridized carbons (Fsp3) is 0.300. The monoisotopic (exact) mass is 337 g/mol. The van der Waals surface area contributed by atoms with Crippen molar-refractivity contribution in [1.29, 1.82) is 0 Å². The minimum absolute atomic E-state index is 0.0432. The molecule has 3 rings (SSSR count). The number of hydrogen-bond acceptors (Lipinski definition) is 3. The Kier molecular flexibility index (Phi) is 5.33. The van der Waals surface area contributed by atoms with Crippen molar-refractivity contribution in [1.82, 2.24) is 9.55 Å². The summed E-state index contributed by atoms with van der Waals surface area (Å²) in [6, 6.07) is 15.8. The van der Waals surface area contributed by atoms with E-state index >= 15 is 0 Å². The Morgan fingerprint density at radius 1 is 1.16 bits per heavy atom. The summed E-state index contributed by atoms with van der Waals surface area (Å²) in [6.45, 7) is 5.33. The van der Waals surface area contributed by atoms with Crippen LogP contribution in [0.4, 0.5) is 5.95 Å². The number of ether oxygens (including phenoxy) is 1. The third kappa shape index (κ3) is 3.99. The molecular formula is C20H23N3O2. The van der Waals surface area contributed by atoms with Gasteiger partial charge in [0.1, 0.15) is 5.75 Å². The van der Waals surface area contributed by atoms with Crippen LogP contribution in [0, 0.1) is 6.92 Å². The van der Waals surface area contributed by atoms with Crippen LogP contribution in [-0.4, -0.2) is 22.1 Å². The molecule has 0 spiro atoms. The summed E-state index contributed by atoms with van der Waals surface area (Å²) in [4.78, 5) is 16.7. The summed E-state index contributed by atoms with van der Waals surface area (Å²) >= 11 is 0. The predicted molar refractivity (Wildman–Crippen MR) is 99.9 cm³/mol. The Hall–Kier alpha value is -2.82. The molecule has 0 unspecified atom stereocenters. The molecule has 1 amide bonds. The zero-order chi connectivity index (χ0) is 17.6. The maximum absolute atomic E-state index is 12.2. The van der Waals surface area contributed by atoms with Gasteiger partial charge in [-0.2, -0.15) is 0 Å². The predicted octanol–water partition coefficient (Wildman–Crippen LogP) is 4.16. The first-order valence-electron chi connectivity index (χ1n) is 8.62. The van der Waals surface area contributed by atoms with Crippen LogP contribution in [0.1, 0.15) is 25.3 Å². The minimum Gasteiger partial charge on any atom is -0.493 e. The highest BCUT2D eigenvalue weighted by molar-refractivity contribution is 5.91. The van der Waals surface area contributed by atoms with Crippen molar-refractivity contribution in [3.05, 3.63) is 54.1 Å². The van der Waals surface area contributed by atoms with E-state index in [-0.39, 0.29) is 5.91 Å². The van der Waals surface area contributed by atoms with E-state index in [4.69, 9.17) is 4.74 Å². The SMILES string of the molecule is CCn1c(NC(=O)CCCOc2ccccc2C)nc2ccccc21. The van der Waals surface area contributed by atoms with Gasteiger partial charge in [-0.05, 0) is 44.0 Å². The van der Waals surface area contributed by atoms with Gasteiger partial charge in [0.25, 0.3) is 0 Å². The second-order valence-electron chi connectivity index (χ2n) is 5.93. The van der Waals surface area contributed by atoms with Gasteiger partial charge in [0.15, 0.2) is 0 Å². The number of para-hydroxylation sites is 3. The maximum atomic E-state index is 12.2. The third-order valence-corrected chi connectivity index (χ3v) is 4.12. The van der Waals surface area contributed by atoms with E-state index in [1.54, 1.807) is 0 Å². The summed E-state index contributed by atoms with van der Waals surface area (Å²) in [6.07, 6.45) is 1.06. The number of nitrogens with one attached hydrogen (secondary N) is 1. The number of aromatic nitrogens is 2. The van der Waals surface area contributed by atoms with Gasteiger partial charge in [-0.1, -0.05) is 30.3 Å². The topological polar surface area (TPSA) is 56.2 Å². The second-order valence-corrected chi connectivity index (χ2v) is 5.93. The molecule has 5 heteroatoms. The number of amides is 1. The number of carbonyl (C=O) groups excluding carboxylic acids is 1. The number of hydrogen-bond donors (Lipinski definition) is 1. The molecule has 0 saturated heterocycles. The number of rotatable bonds is 7. The van der Waals surface area contributed by atoms with Crippen LogP contribution in [0.3, 0.4) is 0 Å². The number of benzene rings is 2. The Balaban J connectivity index is 1.54. The molecule has 0 aliphatic rings. The fourth-order valence-electron chi connectivity index (χ4n) is 2.81. The van der Waals surface area contributed by atoms with E-state index in [1.165, 1.54) is 0 Å². The molecule has 0 aliphatic heterocycles. The summed E-state index contributed by atoms with van der Waals surface area (Å²) in [5, 5.41) is 2.92. The van der Waals surface area contributed by atoms with Crippen molar-refractivity contribution in [2.24, 2.45) is 0 Å². The Bertz CT molecular complexity index is 870. The first kappa shape index (κ1) is 17.0. The molecule has 0 atom stereocenters. The zero-order valence-corrected chi connectivity index (χ0v) is 14.7. The lowest BCUT2D eigenvalue weighted by Gasteiger charge is -2.09. The lowest BCUT2D eigenvalue weighted by molar-refractivity contribution is -0.116. The number of anilines is 1. The number of nitrogens with zero attached hydrogens (tertiary/aromatic N) is 2. The van der Waals surface area contributed by atoms with E-state index in [0.717, 1.165) is 28.9 Å². The van der Waals surface area contributed by atoms with Crippen molar-refractivity contribution >= 4 is 22.9 Å². The summed E-state index contributed by atoms with van der Waals surface area (Å²) in [5.41, 5.74) is 3.02. The summed E-state index contributed by atoms with van der Waals surface area (Å²) in [7, 11) is 0. The fourth-order valence-corrected chi connectivity index (χ4v) is 2.81. The molecule has 3 aromatic rings. The molecule has 1 N–H and O–H groups in total. The van der Waals surface area contributed by atoms with Gasteiger partial charge in [-0.3, -0.25) is 10.1 Å². The molecule has 0 aliphatic carbocycles. The van der Waals surface area contributed by atoms with E-state index in [9.17, 15) is 4.79 Å². The van der Waals surface area contributed by atoms with Crippen LogP contribution < -0.4 is 10.1 Å². The molecule has 5 nitrogen and oxygen atoms in total. The van der Waals surface area contributed by atoms with Crippen molar-refractivity contribution in [2.75, 3.05) is 11.9 Å². The Morgan fingerprint density at radius 3 is 2.72 bits per heavy atom. The first-order chi connectivity index (χ1) is 12.2. The Labute approximate surface area is 147 Å². The van der Waals surface area contributed by atoms with Crippen LogP contribution >= 0.6 is 0 Å². The number of fused-ring (bicyclic) bond motifs is 1. The average Bonchev–Trinajstić information content (AvgIpc) is 2.97. The molecule has 0 bridgehead atoms. The van der Waals surface area contributed by atoms with E-state index in [1.807, 2.05) is 66.9 Å². The van der Waals surface area contributed by atoms with Crippen molar-refractivity contribution in [3.63, 3.8) is 0 Å². The van der Waals surface area contributed by atoms with Gasteiger partial charge in [0.05, 0.1) is 17.6 Å². The largest absolute Gasteiger partial charge is 0.493 e.